The summed E-state index contributed by atoms with van der Waals surface area (Å²) in [7, 11) is 1.25. The molecule has 0 fully saturated rings. The second-order valence-corrected chi connectivity index (χ2v) is 3.76. The minimum atomic E-state index is -1.16. The first-order chi connectivity index (χ1) is 7.90. The summed E-state index contributed by atoms with van der Waals surface area (Å²) in [5.74, 6) is -2.66. The minimum Gasteiger partial charge on any atom is -0.394 e. The summed E-state index contributed by atoms with van der Waals surface area (Å²) in [6, 6.07) is 0.844. The van der Waals surface area contributed by atoms with Crippen LogP contribution in [0.25, 0.3) is 0 Å². The molecule has 0 aliphatic carbocycles. The van der Waals surface area contributed by atoms with Gasteiger partial charge in [-0.3, -0.25) is 4.79 Å². The van der Waals surface area contributed by atoms with Gasteiger partial charge in [0.1, 0.15) is 16.9 Å². The standard InChI is InChI=1S/C10H11ClF2N2O2/c1-15(10(17)6(14)4-16)7-3-2-5(12)8(11)9(7)13/h2-3,6,16H,4,14H2,1H3. The number of rotatable bonds is 3. The molecule has 0 radical (unpaired) electrons. The number of halogens is 3. The molecule has 17 heavy (non-hydrogen) atoms. The van der Waals surface area contributed by atoms with E-state index in [9.17, 15) is 13.6 Å². The maximum absolute atomic E-state index is 13.6. The van der Waals surface area contributed by atoms with Gasteiger partial charge in [-0.2, -0.15) is 0 Å². The Hall–Kier alpha value is -1.24. The van der Waals surface area contributed by atoms with Crippen LogP contribution in [0, 0.1) is 11.6 Å². The van der Waals surface area contributed by atoms with E-state index in [0.29, 0.717) is 0 Å². The molecule has 1 rings (SSSR count). The van der Waals surface area contributed by atoms with Crippen molar-refractivity contribution in [3.8, 4) is 0 Å². The van der Waals surface area contributed by atoms with Crippen molar-refractivity contribution in [2.75, 3.05) is 18.6 Å². The molecule has 94 valence electrons. The average Bonchev–Trinajstić information content (AvgIpc) is 2.33. The second-order valence-electron chi connectivity index (χ2n) is 3.38. The molecule has 1 unspecified atom stereocenters. The quantitative estimate of drug-likeness (QED) is 0.797. The van der Waals surface area contributed by atoms with Crippen LogP contribution in [0.3, 0.4) is 0 Å². The Labute approximate surface area is 102 Å². The number of likely N-dealkylation sites (N-methyl/N-ethyl adjacent to an activating group) is 1. The fourth-order valence-electron chi connectivity index (χ4n) is 1.22. The third-order valence-corrected chi connectivity index (χ3v) is 2.57. The SMILES string of the molecule is CN(C(=O)C(N)CO)c1ccc(F)c(Cl)c1F. The van der Waals surface area contributed by atoms with E-state index in [1.165, 1.54) is 7.05 Å². The van der Waals surface area contributed by atoms with Crippen molar-refractivity contribution < 1.29 is 18.7 Å². The largest absolute Gasteiger partial charge is 0.394 e. The Morgan fingerprint density at radius 2 is 2.18 bits per heavy atom. The van der Waals surface area contributed by atoms with Crippen LogP contribution in [0.2, 0.25) is 5.02 Å². The van der Waals surface area contributed by atoms with E-state index in [1.807, 2.05) is 0 Å². The van der Waals surface area contributed by atoms with E-state index >= 15 is 0 Å². The Balaban J connectivity index is 3.09. The van der Waals surface area contributed by atoms with E-state index in [-0.39, 0.29) is 5.69 Å². The summed E-state index contributed by atoms with van der Waals surface area (Å²) in [6.45, 7) is -0.570. The number of aliphatic hydroxyl groups is 1. The summed E-state index contributed by atoms with van der Waals surface area (Å²) in [5, 5.41) is 8.02. The fourth-order valence-corrected chi connectivity index (χ4v) is 1.38. The highest BCUT2D eigenvalue weighted by Crippen LogP contribution is 2.27. The van der Waals surface area contributed by atoms with Gasteiger partial charge in [0.05, 0.1) is 12.3 Å². The molecule has 1 aromatic carbocycles. The molecule has 1 aromatic rings. The molecular weight excluding hydrogens is 254 g/mol. The van der Waals surface area contributed by atoms with E-state index < -0.39 is 35.2 Å². The topological polar surface area (TPSA) is 66.6 Å². The second kappa shape index (κ2) is 5.39. The number of carbonyl (C=O) groups is 1. The van der Waals surface area contributed by atoms with Gasteiger partial charge < -0.3 is 15.7 Å². The summed E-state index contributed by atoms with van der Waals surface area (Å²) in [4.78, 5) is 12.4. The maximum Gasteiger partial charge on any atom is 0.246 e. The number of anilines is 1. The zero-order valence-corrected chi connectivity index (χ0v) is 9.71. The molecule has 0 heterocycles. The van der Waals surface area contributed by atoms with E-state index in [0.717, 1.165) is 17.0 Å². The van der Waals surface area contributed by atoms with E-state index in [4.69, 9.17) is 22.4 Å². The highest BCUT2D eigenvalue weighted by molar-refractivity contribution is 6.31. The number of nitrogens with zero attached hydrogens (tertiary/aromatic N) is 1. The Morgan fingerprint density at radius 3 is 2.71 bits per heavy atom. The lowest BCUT2D eigenvalue weighted by molar-refractivity contribution is -0.120. The Bertz CT molecular complexity index is 443. The molecule has 1 amide bonds. The first-order valence-electron chi connectivity index (χ1n) is 4.67. The van der Waals surface area contributed by atoms with Crippen LogP contribution >= 0.6 is 11.6 Å². The average molecular weight is 265 g/mol. The predicted octanol–water partition coefficient (Wildman–Crippen LogP) is 0.901. The van der Waals surface area contributed by atoms with Crippen LogP contribution in [-0.2, 0) is 4.79 Å². The van der Waals surface area contributed by atoms with Gasteiger partial charge in [0.15, 0.2) is 5.82 Å². The van der Waals surface area contributed by atoms with Crippen molar-refractivity contribution >= 4 is 23.2 Å². The van der Waals surface area contributed by atoms with Gasteiger partial charge in [-0.05, 0) is 12.1 Å². The maximum atomic E-state index is 13.6. The molecule has 0 aliphatic rings. The first-order valence-corrected chi connectivity index (χ1v) is 5.05. The summed E-state index contributed by atoms with van der Waals surface area (Å²) in [6.07, 6.45) is 0. The van der Waals surface area contributed by atoms with Crippen molar-refractivity contribution in [2.45, 2.75) is 6.04 Å². The van der Waals surface area contributed by atoms with E-state index in [2.05, 4.69) is 0 Å². The molecular formula is C10H11ClF2N2O2. The molecule has 0 bridgehead atoms. The Kier molecular flexibility index (Phi) is 4.39. The van der Waals surface area contributed by atoms with Crippen molar-refractivity contribution in [2.24, 2.45) is 5.73 Å². The minimum absolute atomic E-state index is 0.203. The third-order valence-electron chi connectivity index (χ3n) is 2.22. The van der Waals surface area contributed by atoms with Gasteiger partial charge >= 0.3 is 0 Å². The summed E-state index contributed by atoms with van der Waals surface area (Å²) < 4.78 is 26.5. The van der Waals surface area contributed by atoms with Crippen LogP contribution in [0.4, 0.5) is 14.5 Å². The lowest BCUT2D eigenvalue weighted by atomic mass is 10.2. The smallest absolute Gasteiger partial charge is 0.246 e. The van der Waals surface area contributed by atoms with Crippen LogP contribution in [0.5, 0.6) is 0 Å². The van der Waals surface area contributed by atoms with Gasteiger partial charge in [-0.25, -0.2) is 8.78 Å². The lowest BCUT2D eigenvalue weighted by Gasteiger charge is -2.21. The number of carbonyl (C=O) groups excluding carboxylic acids is 1. The summed E-state index contributed by atoms with van der Waals surface area (Å²) in [5.41, 5.74) is 5.10. The molecule has 7 heteroatoms. The fraction of sp³-hybridized carbons (Fsp3) is 0.300. The van der Waals surface area contributed by atoms with Crippen LogP contribution in [0.15, 0.2) is 12.1 Å². The normalized spacial score (nSPS) is 12.4. The molecule has 0 aromatic heterocycles. The summed E-state index contributed by atoms with van der Waals surface area (Å²) >= 11 is 5.38. The molecule has 0 saturated heterocycles. The zero-order valence-electron chi connectivity index (χ0n) is 8.95. The molecule has 0 aliphatic heterocycles. The molecule has 3 N–H and O–H groups in total. The number of aliphatic hydroxyl groups excluding tert-OH is 1. The number of amides is 1. The number of benzene rings is 1. The van der Waals surface area contributed by atoms with Gasteiger partial charge in [0.25, 0.3) is 0 Å². The Morgan fingerprint density at radius 1 is 1.59 bits per heavy atom. The number of hydrogen-bond acceptors (Lipinski definition) is 3. The van der Waals surface area contributed by atoms with Crippen LogP contribution in [0.1, 0.15) is 0 Å². The van der Waals surface area contributed by atoms with E-state index in [1.54, 1.807) is 0 Å². The monoisotopic (exact) mass is 264 g/mol. The number of hydrogen-bond donors (Lipinski definition) is 2. The molecule has 0 spiro atoms. The van der Waals surface area contributed by atoms with Crippen molar-refractivity contribution in [1.29, 1.82) is 0 Å². The molecule has 4 nitrogen and oxygen atoms in total. The highest BCUT2D eigenvalue weighted by Gasteiger charge is 2.22. The number of nitrogens with two attached hydrogens (primary N) is 1. The predicted molar refractivity (Wildman–Crippen MR) is 59.8 cm³/mol. The van der Waals surface area contributed by atoms with Gasteiger partial charge in [-0.15, -0.1) is 0 Å². The van der Waals surface area contributed by atoms with Crippen LogP contribution < -0.4 is 10.6 Å². The first kappa shape index (κ1) is 13.8. The van der Waals surface area contributed by atoms with Gasteiger partial charge in [0.2, 0.25) is 5.91 Å². The van der Waals surface area contributed by atoms with Crippen LogP contribution in [-0.4, -0.2) is 30.7 Å². The van der Waals surface area contributed by atoms with Crippen molar-refractivity contribution in [3.05, 3.63) is 28.8 Å². The molecule has 0 saturated carbocycles. The van der Waals surface area contributed by atoms with Gasteiger partial charge in [0, 0.05) is 7.05 Å². The highest BCUT2D eigenvalue weighted by atomic mass is 35.5. The molecule has 1 atom stereocenters. The van der Waals surface area contributed by atoms with Crippen molar-refractivity contribution in [3.63, 3.8) is 0 Å². The van der Waals surface area contributed by atoms with Crippen molar-refractivity contribution in [1.82, 2.24) is 0 Å². The zero-order chi connectivity index (χ0) is 13.2. The lowest BCUT2D eigenvalue weighted by Crippen LogP contribution is -2.44. The third kappa shape index (κ3) is 2.71. The van der Waals surface area contributed by atoms with Gasteiger partial charge in [-0.1, -0.05) is 11.6 Å².